The number of halogens is 1. The highest BCUT2D eigenvalue weighted by atomic mass is 79.9. The van der Waals surface area contributed by atoms with E-state index in [9.17, 15) is 9.70 Å². The first kappa shape index (κ1) is 21.0. The average Bonchev–Trinajstić information content (AvgIpc) is 2.61. The molecule has 0 bridgehead atoms. The second kappa shape index (κ2) is 10.7. The third-order valence-corrected chi connectivity index (χ3v) is 6.93. The Hall–Kier alpha value is -1.31. The number of aryl methyl sites for hydroxylation is 2. The van der Waals surface area contributed by atoms with Gasteiger partial charge in [-0.25, -0.2) is 0 Å². The number of hydrogen-bond donors (Lipinski definition) is 1. The molecular weight excluding hydrogens is 432 g/mol. The molecule has 0 aliphatic rings. The Morgan fingerprint density at radius 3 is 2.54 bits per heavy atom. The molecule has 1 amide bonds. The number of nitrogens with one attached hydrogen (secondary N) is 1. The summed E-state index contributed by atoms with van der Waals surface area (Å²) >= 11 is 3.39. The van der Waals surface area contributed by atoms with Gasteiger partial charge in [0.2, 0.25) is 5.91 Å². The zero-order chi connectivity index (χ0) is 18.9. The molecule has 138 valence electrons. The predicted molar refractivity (Wildman–Crippen MR) is 115 cm³/mol. The standard InChI is InChI=1S/C19H21BrN2O2S2/c1-13-5-3-6-14(2)18(13)26-25-10-9-21-19(23)17(22-24)12-15-7-4-8-16(20)11-15/h3-8,11,17H,9-10,12H2,1-2H3,(H,21,23). The Labute approximate surface area is 170 Å². The van der Waals surface area contributed by atoms with Gasteiger partial charge < -0.3 is 5.32 Å². The van der Waals surface area contributed by atoms with Crippen LogP contribution in [0.5, 0.6) is 0 Å². The third-order valence-electron chi connectivity index (χ3n) is 3.78. The number of carbonyl (C=O) groups is 1. The van der Waals surface area contributed by atoms with Gasteiger partial charge in [0.15, 0.2) is 6.04 Å². The highest BCUT2D eigenvalue weighted by Gasteiger charge is 2.19. The van der Waals surface area contributed by atoms with Crippen LogP contribution in [-0.4, -0.2) is 24.2 Å². The van der Waals surface area contributed by atoms with Gasteiger partial charge in [-0.1, -0.05) is 73.0 Å². The summed E-state index contributed by atoms with van der Waals surface area (Å²) in [5.41, 5.74) is 3.41. The summed E-state index contributed by atoms with van der Waals surface area (Å²) in [7, 11) is 3.41. The SMILES string of the molecule is Cc1cccc(C)c1SSCCNC(=O)C(Cc1cccc(Br)c1)N=O. The summed E-state index contributed by atoms with van der Waals surface area (Å²) < 4.78 is 0.917. The van der Waals surface area contributed by atoms with Gasteiger partial charge in [-0.05, 0) is 42.7 Å². The Morgan fingerprint density at radius 1 is 1.19 bits per heavy atom. The normalized spacial score (nSPS) is 11.8. The Morgan fingerprint density at radius 2 is 1.88 bits per heavy atom. The molecule has 0 saturated heterocycles. The molecule has 0 heterocycles. The molecule has 4 nitrogen and oxygen atoms in total. The van der Waals surface area contributed by atoms with Crippen LogP contribution in [0.15, 0.2) is 57.0 Å². The lowest BCUT2D eigenvalue weighted by atomic mass is 10.1. The molecular formula is C19H21BrN2O2S2. The largest absolute Gasteiger partial charge is 0.353 e. The van der Waals surface area contributed by atoms with Gasteiger partial charge in [0.05, 0.1) is 0 Å². The summed E-state index contributed by atoms with van der Waals surface area (Å²) in [6.45, 7) is 4.70. The molecule has 0 aliphatic heterocycles. The minimum absolute atomic E-state index is 0.305. The fourth-order valence-electron chi connectivity index (χ4n) is 2.43. The van der Waals surface area contributed by atoms with Gasteiger partial charge in [-0.3, -0.25) is 4.79 Å². The molecule has 0 radical (unpaired) electrons. The van der Waals surface area contributed by atoms with Crippen molar-refractivity contribution in [2.45, 2.75) is 31.2 Å². The molecule has 26 heavy (non-hydrogen) atoms. The maximum absolute atomic E-state index is 12.2. The van der Waals surface area contributed by atoms with Gasteiger partial charge in [0.25, 0.3) is 0 Å². The van der Waals surface area contributed by atoms with Crippen LogP contribution in [-0.2, 0) is 11.2 Å². The number of hydrogen-bond acceptors (Lipinski definition) is 5. The number of rotatable bonds is 9. The van der Waals surface area contributed by atoms with E-state index in [1.165, 1.54) is 16.0 Å². The first-order valence-electron chi connectivity index (χ1n) is 8.21. The number of nitroso groups, excluding NO2 is 1. The molecule has 7 heteroatoms. The zero-order valence-electron chi connectivity index (χ0n) is 14.7. The van der Waals surface area contributed by atoms with E-state index in [0.29, 0.717) is 13.0 Å². The number of benzene rings is 2. The molecule has 0 spiro atoms. The molecule has 0 aromatic heterocycles. The number of amides is 1. The van der Waals surface area contributed by atoms with Crippen molar-refractivity contribution in [3.8, 4) is 0 Å². The van der Waals surface area contributed by atoms with E-state index in [4.69, 9.17) is 0 Å². The third kappa shape index (κ3) is 6.45. The van der Waals surface area contributed by atoms with E-state index in [1.807, 2.05) is 24.3 Å². The monoisotopic (exact) mass is 452 g/mol. The smallest absolute Gasteiger partial charge is 0.248 e. The number of nitrogens with zero attached hydrogens (tertiary/aromatic N) is 1. The van der Waals surface area contributed by atoms with Crippen LogP contribution in [0.25, 0.3) is 0 Å². The Bertz CT molecular complexity index is 751. The van der Waals surface area contributed by atoms with Crippen molar-refractivity contribution < 1.29 is 4.79 Å². The second-order valence-corrected chi connectivity index (χ2v) is 9.21. The summed E-state index contributed by atoms with van der Waals surface area (Å²) in [5.74, 6) is 0.435. The fraction of sp³-hybridized carbons (Fsp3) is 0.316. The molecule has 1 unspecified atom stereocenters. The van der Waals surface area contributed by atoms with Gasteiger partial charge in [-0.15, -0.1) is 4.91 Å². The van der Waals surface area contributed by atoms with Crippen molar-refractivity contribution in [3.05, 3.63) is 68.5 Å². The predicted octanol–water partition coefficient (Wildman–Crippen LogP) is 5.30. The minimum Gasteiger partial charge on any atom is -0.353 e. The van der Waals surface area contributed by atoms with Gasteiger partial charge in [-0.2, -0.15) is 0 Å². The zero-order valence-corrected chi connectivity index (χ0v) is 17.9. The molecule has 1 N–H and O–H groups in total. The van der Waals surface area contributed by atoms with Crippen LogP contribution < -0.4 is 5.32 Å². The van der Waals surface area contributed by atoms with Crippen LogP contribution in [0.3, 0.4) is 0 Å². The minimum atomic E-state index is -0.902. The lowest BCUT2D eigenvalue weighted by Crippen LogP contribution is -2.35. The molecule has 2 aromatic rings. The van der Waals surface area contributed by atoms with E-state index in [2.05, 4.69) is 58.5 Å². The molecule has 2 aromatic carbocycles. The van der Waals surface area contributed by atoms with E-state index in [-0.39, 0.29) is 5.91 Å². The maximum atomic E-state index is 12.2. The summed E-state index contributed by atoms with van der Waals surface area (Å²) in [5, 5.41) is 5.80. The molecule has 1 atom stereocenters. The first-order chi connectivity index (χ1) is 12.5. The van der Waals surface area contributed by atoms with Gasteiger partial charge in [0, 0.05) is 28.1 Å². The molecule has 0 fully saturated rings. The topological polar surface area (TPSA) is 58.5 Å². The average molecular weight is 453 g/mol. The van der Waals surface area contributed by atoms with Gasteiger partial charge >= 0.3 is 0 Å². The molecule has 0 saturated carbocycles. The van der Waals surface area contributed by atoms with Crippen LogP contribution in [0.2, 0.25) is 0 Å². The van der Waals surface area contributed by atoms with Crippen molar-refractivity contribution in [1.82, 2.24) is 5.32 Å². The maximum Gasteiger partial charge on any atom is 0.248 e. The van der Waals surface area contributed by atoms with Crippen LogP contribution in [0.1, 0.15) is 16.7 Å². The quantitative estimate of drug-likeness (QED) is 0.318. The summed E-state index contributed by atoms with van der Waals surface area (Å²) in [6, 6.07) is 12.9. The van der Waals surface area contributed by atoms with E-state index in [1.54, 1.807) is 21.6 Å². The van der Waals surface area contributed by atoms with E-state index < -0.39 is 6.04 Å². The second-order valence-electron chi connectivity index (χ2n) is 5.87. The number of carbonyl (C=O) groups excluding carboxylic acids is 1. The lowest BCUT2D eigenvalue weighted by molar-refractivity contribution is -0.122. The van der Waals surface area contributed by atoms with Crippen molar-refractivity contribution in [3.63, 3.8) is 0 Å². The lowest BCUT2D eigenvalue weighted by Gasteiger charge is -2.11. The summed E-state index contributed by atoms with van der Waals surface area (Å²) in [6.07, 6.45) is 0.305. The van der Waals surface area contributed by atoms with Gasteiger partial charge in [0.1, 0.15) is 0 Å². The van der Waals surface area contributed by atoms with Crippen molar-refractivity contribution in [2.24, 2.45) is 5.18 Å². The van der Waals surface area contributed by atoms with Crippen molar-refractivity contribution >= 4 is 43.4 Å². The van der Waals surface area contributed by atoms with Crippen LogP contribution >= 0.6 is 37.5 Å². The van der Waals surface area contributed by atoms with Crippen LogP contribution in [0, 0.1) is 18.8 Å². The summed E-state index contributed by atoms with van der Waals surface area (Å²) in [4.78, 5) is 24.5. The van der Waals surface area contributed by atoms with Crippen LogP contribution in [0.4, 0.5) is 0 Å². The Kier molecular flexibility index (Phi) is 8.68. The molecule has 0 aliphatic carbocycles. The first-order valence-corrected chi connectivity index (χ1v) is 11.3. The molecule has 2 rings (SSSR count). The highest BCUT2D eigenvalue weighted by Crippen LogP contribution is 2.35. The Balaban J connectivity index is 1.75. The van der Waals surface area contributed by atoms with Crippen molar-refractivity contribution in [1.29, 1.82) is 0 Å². The van der Waals surface area contributed by atoms with Crippen molar-refractivity contribution in [2.75, 3.05) is 12.3 Å². The van der Waals surface area contributed by atoms with E-state index >= 15 is 0 Å². The van der Waals surface area contributed by atoms with E-state index in [0.717, 1.165) is 15.8 Å². The fourth-order valence-corrected chi connectivity index (χ4v) is 5.30. The highest BCUT2D eigenvalue weighted by molar-refractivity contribution is 9.10.